The Bertz CT molecular complexity index is 1870. The number of para-hydroxylation sites is 4. The van der Waals surface area contributed by atoms with Gasteiger partial charge in [0, 0.05) is 33.3 Å². The van der Waals surface area contributed by atoms with Crippen molar-refractivity contribution in [3.63, 3.8) is 0 Å². The standard InChI is InChI=1S/C43H36N2O/c1-42(2)33-13-5-9-17-37(33)44(38-18-10-6-14-34(38)42)31-25-21-29(22-26-31)41(46)30-23-27-32(28-24-30)45-39-19-11-7-15-35(39)43(3,4)36-16-8-12-20-40(36)45/h5-28H,1-4H3. The molecule has 0 bridgehead atoms. The van der Waals surface area contributed by atoms with Gasteiger partial charge >= 0.3 is 0 Å². The van der Waals surface area contributed by atoms with Crippen LogP contribution in [0.25, 0.3) is 0 Å². The third-order valence-corrected chi connectivity index (χ3v) is 10.0. The molecule has 0 aromatic heterocycles. The molecule has 224 valence electrons. The molecule has 6 aromatic carbocycles. The minimum Gasteiger partial charge on any atom is -0.310 e. The Morgan fingerprint density at radius 2 is 0.652 bits per heavy atom. The van der Waals surface area contributed by atoms with Crippen LogP contribution in [0.5, 0.6) is 0 Å². The number of ketones is 1. The minimum atomic E-state index is -0.111. The quantitative estimate of drug-likeness (QED) is 0.189. The summed E-state index contributed by atoms with van der Waals surface area (Å²) in [6.07, 6.45) is 0. The van der Waals surface area contributed by atoms with E-state index >= 15 is 0 Å². The summed E-state index contributed by atoms with van der Waals surface area (Å²) < 4.78 is 0. The van der Waals surface area contributed by atoms with Crippen LogP contribution in [0.3, 0.4) is 0 Å². The lowest BCUT2D eigenvalue weighted by molar-refractivity contribution is 0.103. The van der Waals surface area contributed by atoms with Gasteiger partial charge in [-0.2, -0.15) is 0 Å². The van der Waals surface area contributed by atoms with Gasteiger partial charge in [-0.3, -0.25) is 4.79 Å². The Hall–Kier alpha value is -5.41. The first-order valence-electron chi connectivity index (χ1n) is 16.0. The number of benzene rings is 6. The van der Waals surface area contributed by atoms with Gasteiger partial charge in [-0.1, -0.05) is 100 Å². The average Bonchev–Trinajstić information content (AvgIpc) is 3.09. The molecule has 0 saturated carbocycles. The number of nitrogens with zero attached hydrogens (tertiary/aromatic N) is 2. The first-order chi connectivity index (χ1) is 22.3. The van der Waals surface area contributed by atoms with E-state index in [0.29, 0.717) is 11.1 Å². The lowest BCUT2D eigenvalue weighted by Gasteiger charge is -2.42. The zero-order valence-corrected chi connectivity index (χ0v) is 26.7. The molecule has 0 radical (unpaired) electrons. The number of hydrogen-bond donors (Lipinski definition) is 0. The van der Waals surface area contributed by atoms with Crippen LogP contribution in [-0.2, 0) is 10.8 Å². The molecule has 0 spiro atoms. The van der Waals surface area contributed by atoms with E-state index in [1.807, 2.05) is 24.3 Å². The monoisotopic (exact) mass is 596 g/mol. The smallest absolute Gasteiger partial charge is 0.193 e. The second-order valence-corrected chi connectivity index (χ2v) is 13.4. The van der Waals surface area contributed by atoms with Crippen LogP contribution in [0, 0.1) is 0 Å². The first-order valence-corrected chi connectivity index (χ1v) is 16.0. The molecular weight excluding hydrogens is 560 g/mol. The van der Waals surface area contributed by atoms with Crippen molar-refractivity contribution < 1.29 is 4.79 Å². The number of carbonyl (C=O) groups is 1. The molecule has 0 saturated heterocycles. The Labute approximate surface area is 271 Å². The maximum absolute atomic E-state index is 13.8. The number of rotatable bonds is 4. The van der Waals surface area contributed by atoms with Crippen LogP contribution in [0.15, 0.2) is 146 Å². The van der Waals surface area contributed by atoms with E-state index in [-0.39, 0.29) is 16.6 Å². The van der Waals surface area contributed by atoms with Crippen molar-refractivity contribution in [1.29, 1.82) is 0 Å². The SMILES string of the molecule is CC1(C)c2ccccc2N(c2ccc(C(=O)c3ccc(N4c5ccccc5C(C)(C)c5ccccc54)cc3)cc2)c2ccccc21. The first kappa shape index (κ1) is 28.1. The molecule has 2 heterocycles. The second kappa shape index (κ2) is 10.3. The lowest BCUT2D eigenvalue weighted by Crippen LogP contribution is -2.30. The highest BCUT2D eigenvalue weighted by atomic mass is 16.1. The van der Waals surface area contributed by atoms with Gasteiger partial charge in [-0.15, -0.1) is 0 Å². The van der Waals surface area contributed by atoms with Crippen LogP contribution >= 0.6 is 0 Å². The van der Waals surface area contributed by atoms with Gasteiger partial charge in [-0.25, -0.2) is 0 Å². The molecule has 2 aliphatic rings. The maximum Gasteiger partial charge on any atom is 0.193 e. The van der Waals surface area contributed by atoms with Crippen molar-refractivity contribution in [3.05, 3.63) is 179 Å². The summed E-state index contributed by atoms with van der Waals surface area (Å²) in [6.45, 7) is 9.16. The molecular formula is C43H36N2O. The van der Waals surface area contributed by atoms with E-state index < -0.39 is 0 Å². The van der Waals surface area contributed by atoms with E-state index in [1.165, 1.54) is 45.0 Å². The summed E-state index contributed by atoms with van der Waals surface area (Å²) in [4.78, 5) is 18.4. The summed E-state index contributed by atoms with van der Waals surface area (Å²) in [5.74, 6) is 0.0132. The minimum absolute atomic E-state index is 0.0132. The van der Waals surface area contributed by atoms with E-state index in [2.05, 4.69) is 159 Å². The number of fused-ring (bicyclic) bond motifs is 4. The van der Waals surface area contributed by atoms with Gasteiger partial charge in [-0.05, 0) is 95.1 Å². The second-order valence-electron chi connectivity index (χ2n) is 13.4. The van der Waals surface area contributed by atoms with E-state index in [4.69, 9.17) is 0 Å². The predicted molar refractivity (Wildman–Crippen MR) is 190 cm³/mol. The Morgan fingerprint density at radius 3 is 0.935 bits per heavy atom. The van der Waals surface area contributed by atoms with Gasteiger partial charge in [0.2, 0.25) is 0 Å². The average molecular weight is 597 g/mol. The van der Waals surface area contributed by atoms with Gasteiger partial charge in [0.15, 0.2) is 5.78 Å². The highest BCUT2D eigenvalue weighted by Gasteiger charge is 2.37. The van der Waals surface area contributed by atoms with Crippen molar-refractivity contribution in [2.45, 2.75) is 38.5 Å². The molecule has 3 nitrogen and oxygen atoms in total. The molecule has 46 heavy (non-hydrogen) atoms. The fourth-order valence-electron chi connectivity index (χ4n) is 7.59. The normalized spacial score (nSPS) is 15.3. The summed E-state index contributed by atoms with van der Waals surface area (Å²) in [5.41, 5.74) is 13.0. The molecule has 8 rings (SSSR count). The van der Waals surface area contributed by atoms with Crippen molar-refractivity contribution >= 4 is 39.9 Å². The summed E-state index contributed by atoms with van der Waals surface area (Å²) in [6, 6.07) is 50.6. The van der Waals surface area contributed by atoms with Gasteiger partial charge in [0.05, 0.1) is 22.7 Å². The molecule has 0 fully saturated rings. The van der Waals surface area contributed by atoms with Crippen LogP contribution < -0.4 is 9.80 Å². The third-order valence-electron chi connectivity index (χ3n) is 10.0. The van der Waals surface area contributed by atoms with E-state index in [0.717, 1.165) is 11.4 Å². The number of hydrogen-bond acceptors (Lipinski definition) is 3. The molecule has 0 amide bonds. The predicted octanol–water partition coefficient (Wildman–Crippen LogP) is 11.1. The van der Waals surface area contributed by atoms with E-state index in [9.17, 15) is 4.79 Å². The molecule has 3 heteroatoms. The molecule has 0 atom stereocenters. The fourth-order valence-corrected chi connectivity index (χ4v) is 7.59. The maximum atomic E-state index is 13.8. The van der Waals surface area contributed by atoms with Crippen LogP contribution in [-0.4, -0.2) is 5.78 Å². The zero-order chi connectivity index (χ0) is 31.6. The fraction of sp³-hybridized carbons (Fsp3) is 0.140. The van der Waals surface area contributed by atoms with Crippen molar-refractivity contribution in [2.75, 3.05) is 9.80 Å². The van der Waals surface area contributed by atoms with Gasteiger partial charge < -0.3 is 9.80 Å². The van der Waals surface area contributed by atoms with Crippen molar-refractivity contribution in [3.8, 4) is 0 Å². The van der Waals surface area contributed by atoms with E-state index in [1.54, 1.807) is 0 Å². The van der Waals surface area contributed by atoms with Gasteiger partial charge in [0.1, 0.15) is 0 Å². The van der Waals surface area contributed by atoms with Crippen LogP contribution in [0.4, 0.5) is 34.1 Å². The molecule has 6 aromatic rings. The van der Waals surface area contributed by atoms with Crippen LogP contribution in [0.2, 0.25) is 0 Å². The highest BCUT2D eigenvalue weighted by Crippen LogP contribution is 2.53. The molecule has 0 N–H and O–H groups in total. The third kappa shape index (κ3) is 4.15. The highest BCUT2D eigenvalue weighted by molar-refractivity contribution is 6.09. The summed E-state index contributed by atoms with van der Waals surface area (Å²) in [7, 11) is 0. The van der Waals surface area contributed by atoms with Gasteiger partial charge in [0.25, 0.3) is 0 Å². The molecule has 0 unspecified atom stereocenters. The van der Waals surface area contributed by atoms with Crippen LogP contribution in [0.1, 0.15) is 65.9 Å². The molecule has 2 aliphatic heterocycles. The summed E-state index contributed by atoms with van der Waals surface area (Å²) in [5, 5.41) is 0. The van der Waals surface area contributed by atoms with Crippen molar-refractivity contribution in [2.24, 2.45) is 0 Å². The summed E-state index contributed by atoms with van der Waals surface area (Å²) >= 11 is 0. The topological polar surface area (TPSA) is 23.6 Å². The Balaban J connectivity index is 1.11. The Kier molecular flexibility index (Phi) is 6.30. The number of carbonyl (C=O) groups excluding carboxylic acids is 1. The van der Waals surface area contributed by atoms with Crippen molar-refractivity contribution in [1.82, 2.24) is 0 Å². The lowest BCUT2D eigenvalue weighted by atomic mass is 9.73. The zero-order valence-electron chi connectivity index (χ0n) is 26.7. The number of anilines is 6. The Morgan fingerprint density at radius 1 is 0.391 bits per heavy atom. The largest absolute Gasteiger partial charge is 0.310 e. The molecule has 0 aliphatic carbocycles.